The van der Waals surface area contributed by atoms with E-state index < -0.39 is 11.7 Å². The number of aryl methyl sites for hydroxylation is 1. The summed E-state index contributed by atoms with van der Waals surface area (Å²) in [5.41, 5.74) is 0.745. The van der Waals surface area contributed by atoms with Gasteiger partial charge in [-0.25, -0.2) is 0 Å². The highest BCUT2D eigenvalue weighted by atomic mass is 35.5. The summed E-state index contributed by atoms with van der Waals surface area (Å²) in [6.07, 6.45) is -0.741. The highest BCUT2D eigenvalue weighted by Crippen LogP contribution is 2.31. The molecule has 1 aliphatic heterocycles. The molecule has 0 radical (unpaired) electrons. The summed E-state index contributed by atoms with van der Waals surface area (Å²) < 4.78 is 40.3. The van der Waals surface area contributed by atoms with Gasteiger partial charge in [0.25, 0.3) is 0 Å². The van der Waals surface area contributed by atoms with Crippen LogP contribution in [0.5, 0.6) is 0 Å². The Morgan fingerprint density at radius 1 is 1.37 bits per heavy atom. The molecule has 1 fully saturated rings. The van der Waals surface area contributed by atoms with E-state index in [1.165, 1.54) is 11.0 Å². The minimum atomic E-state index is -4.39. The minimum absolute atomic E-state index is 0. The first-order chi connectivity index (χ1) is 12.3. The zero-order valence-electron chi connectivity index (χ0n) is 15.0. The molecule has 3 rings (SSSR count). The van der Waals surface area contributed by atoms with Gasteiger partial charge in [0.1, 0.15) is 0 Å². The number of aromatic nitrogens is 2. The monoisotopic (exact) mass is 402 g/mol. The molecule has 2 atom stereocenters. The number of carbonyl (C=O) groups excluding carboxylic acids is 1. The fraction of sp³-hybridized carbons (Fsp3) is 0.444. The lowest BCUT2D eigenvalue weighted by Gasteiger charge is -2.24. The van der Waals surface area contributed by atoms with Crippen LogP contribution in [0.1, 0.15) is 22.6 Å². The molecule has 1 amide bonds. The minimum Gasteiger partial charge on any atom is -0.341 e. The lowest BCUT2D eigenvalue weighted by molar-refractivity contribution is -0.137. The molecular formula is C18H22ClF3N4O. The standard InChI is InChI=1S/C18H21F3N4O.ClH/c1-24(10-12-4-3-5-14(6-12)18(19,20)21)17(26)16-9-22-8-15(16)13-7-23-25(2)11-13;/h3-7,11,15-16,22H,8-10H2,1-2H3;1H/t15-,16+;/m1./s1. The Morgan fingerprint density at radius 2 is 2.11 bits per heavy atom. The van der Waals surface area contributed by atoms with Crippen LogP contribution in [0, 0.1) is 5.92 Å². The van der Waals surface area contributed by atoms with E-state index in [0.717, 1.165) is 17.7 Å². The summed E-state index contributed by atoms with van der Waals surface area (Å²) in [7, 11) is 3.45. The first-order valence-electron chi connectivity index (χ1n) is 8.36. The van der Waals surface area contributed by atoms with E-state index in [9.17, 15) is 18.0 Å². The van der Waals surface area contributed by atoms with Crippen molar-refractivity contribution in [3.63, 3.8) is 0 Å². The van der Waals surface area contributed by atoms with E-state index in [0.29, 0.717) is 18.7 Å². The van der Waals surface area contributed by atoms with E-state index >= 15 is 0 Å². The van der Waals surface area contributed by atoms with Crippen molar-refractivity contribution < 1.29 is 18.0 Å². The third kappa shape index (κ3) is 4.81. The Kier molecular flexibility index (Phi) is 6.54. The van der Waals surface area contributed by atoms with Crippen molar-refractivity contribution in [1.82, 2.24) is 20.0 Å². The molecular weight excluding hydrogens is 381 g/mol. The number of alkyl halides is 3. The van der Waals surface area contributed by atoms with Crippen molar-refractivity contribution in [3.05, 3.63) is 53.3 Å². The molecule has 0 spiro atoms. The predicted octanol–water partition coefficient (Wildman–Crippen LogP) is 2.82. The molecule has 0 aliphatic carbocycles. The first kappa shape index (κ1) is 21.2. The normalized spacial score (nSPS) is 19.6. The average molecular weight is 403 g/mol. The quantitative estimate of drug-likeness (QED) is 0.855. The van der Waals surface area contributed by atoms with Crippen LogP contribution >= 0.6 is 12.4 Å². The second kappa shape index (κ2) is 8.31. The zero-order valence-corrected chi connectivity index (χ0v) is 15.8. The highest BCUT2D eigenvalue weighted by molar-refractivity contribution is 5.85. The third-order valence-electron chi connectivity index (χ3n) is 4.73. The van der Waals surface area contributed by atoms with Gasteiger partial charge in [0, 0.05) is 45.8 Å². The lowest BCUT2D eigenvalue weighted by Crippen LogP contribution is -2.35. The van der Waals surface area contributed by atoms with E-state index in [4.69, 9.17) is 0 Å². The van der Waals surface area contributed by atoms with Gasteiger partial charge < -0.3 is 10.2 Å². The Bertz CT molecular complexity index is 793. The molecule has 1 saturated heterocycles. The van der Waals surface area contributed by atoms with Gasteiger partial charge in [0.2, 0.25) is 5.91 Å². The van der Waals surface area contributed by atoms with Crippen LogP contribution in [0.3, 0.4) is 0 Å². The smallest absolute Gasteiger partial charge is 0.341 e. The van der Waals surface area contributed by atoms with Crippen LogP contribution in [-0.4, -0.2) is 40.7 Å². The van der Waals surface area contributed by atoms with Gasteiger partial charge >= 0.3 is 6.18 Å². The van der Waals surface area contributed by atoms with Gasteiger partial charge in [-0.15, -0.1) is 12.4 Å². The maximum absolute atomic E-state index is 12.9. The molecule has 0 saturated carbocycles. The van der Waals surface area contributed by atoms with Crippen LogP contribution in [0.4, 0.5) is 13.2 Å². The van der Waals surface area contributed by atoms with E-state index in [1.807, 2.05) is 13.2 Å². The molecule has 1 N–H and O–H groups in total. The van der Waals surface area contributed by atoms with E-state index in [2.05, 4.69) is 10.4 Å². The predicted molar refractivity (Wildman–Crippen MR) is 97.5 cm³/mol. The number of benzene rings is 1. The average Bonchev–Trinajstić information content (AvgIpc) is 3.22. The fourth-order valence-electron chi connectivity index (χ4n) is 3.40. The van der Waals surface area contributed by atoms with Gasteiger partial charge in [0.15, 0.2) is 0 Å². The second-order valence-corrected chi connectivity index (χ2v) is 6.71. The maximum Gasteiger partial charge on any atom is 0.416 e. The number of carbonyl (C=O) groups is 1. The van der Waals surface area contributed by atoms with Gasteiger partial charge in [-0.3, -0.25) is 9.48 Å². The van der Waals surface area contributed by atoms with Crippen molar-refractivity contribution in [2.45, 2.75) is 18.6 Å². The Hall–Kier alpha value is -2.06. The number of hydrogen-bond donors (Lipinski definition) is 1. The largest absolute Gasteiger partial charge is 0.416 e. The van der Waals surface area contributed by atoms with Crippen molar-refractivity contribution in [2.24, 2.45) is 13.0 Å². The lowest BCUT2D eigenvalue weighted by atomic mass is 9.90. The SMILES string of the molecule is CN(Cc1cccc(C(F)(F)F)c1)C(=O)[C@H]1CNC[C@@H]1c1cnn(C)c1.Cl. The number of halogens is 4. The third-order valence-corrected chi connectivity index (χ3v) is 4.73. The summed E-state index contributed by atoms with van der Waals surface area (Å²) in [6, 6.07) is 5.09. The summed E-state index contributed by atoms with van der Waals surface area (Å²) in [5, 5.41) is 7.38. The summed E-state index contributed by atoms with van der Waals surface area (Å²) in [4.78, 5) is 14.4. The molecule has 9 heteroatoms. The fourth-order valence-corrected chi connectivity index (χ4v) is 3.40. The Labute approximate surface area is 161 Å². The zero-order chi connectivity index (χ0) is 18.9. The first-order valence-corrected chi connectivity index (χ1v) is 8.36. The van der Waals surface area contributed by atoms with E-state index in [-0.39, 0.29) is 36.7 Å². The topological polar surface area (TPSA) is 50.2 Å². The molecule has 2 aromatic rings. The van der Waals surface area contributed by atoms with Crippen LogP contribution in [0.25, 0.3) is 0 Å². The molecule has 0 unspecified atom stereocenters. The van der Waals surface area contributed by atoms with Crippen LogP contribution in [0.15, 0.2) is 36.7 Å². The van der Waals surface area contributed by atoms with Crippen molar-refractivity contribution in [3.8, 4) is 0 Å². The van der Waals surface area contributed by atoms with Gasteiger partial charge in [0.05, 0.1) is 17.7 Å². The number of amides is 1. The molecule has 148 valence electrons. The summed E-state index contributed by atoms with van der Waals surface area (Å²) in [6.45, 7) is 1.36. The van der Waals surface area contributed by atoms with Gasteiger partial charge in [-0.05, 0) is 23.3 Å². The van der Waals surface area contributed by atoms with E-state index in [1.54, 1.807) is 24.0 Å². The van der Waals surface area contributed by atoms with Crippen molar-refractivity contribution in [2.75, 3.05) is 20.1 Å². The van der Waals surface area contributed by atoms with Gasteiger partial charge in [-0.1, -0.05) is 12.1 Å². The van der Waals surface area contributed by atoms with Gasteiger partial charge in [-0.2, -0.15) is 18.3 Å². The molecule has 2 heterocycles. The van der Waals surface area contributed by atoms with Crippen molar-refractivity contribution in [1.29, 1.82) is 0 Å². The highest BCUT2D eigenvalue weighted by Gasteiger charge is 2.36. The summed E-state index contributed by atoms with van der Waals surface area (Å²) >= 11 is 0. The van der Waals surface area contributed by atoms with Crippen LogP contribution in [0.2, 0.25) is 0 Å². The number of nitrogens with one attached hydrogen (secondary N) is 1. The molecule has 1 aromatic heterocycles. The number of rotatable bonds is 4. The maximum atomic E-state index is 12.9. The second-order valence-electron chi connectivity index (χ2n) is 6.71. The molecule has 0 bridgehead atoms. The molecule has 5 nitrogen and oxygen atoms in total. The number of nitrogens with zero attached hydrogens (tertiary/aromatic N) is 3. The molecule has 1 aromatic carbocycles. The van der Waals surface area contributed by atoms with Crippen LogP contribution in [-0.2, 0) is 24.6 Å². The molecule has 27 heavy (non-hydrogen) atoms. The van der Waals surface area contributed by atoms with Crippen molar-refractivity contribution >= 4 is 18.3 Å². The molecule has 1 aliphatic rings. The van der Waals surface area contributed by atoms with Crippen LogP contribution < -0.4 is 5.32 Å². The Balaban J connectivity index is 0.00000261. The number of hydrogen-bond acceptors (Lipinski definition) is 3. The summed E-state index contributed by atoms with van der Waals surface area (Å²) in [5.74, 6) is -0.323. The Morgan fingerprint density at radius 3 is 2.74 bits per heavy atom.